The molecule has 2 heterocycles. The molecule has 0 N–H and O–H groups in total. The maximum absolute atomic E-state index is 5.25. The second-order valence-corrected chi connectivity index (χ2v) is 4.81. The van der Waals surface area contributed by atoms with Gasteiger partial charge in [0.25, 0.3) is 0 Å². The molecular weight excluding hydrogens is 317 g/mol. The van der Waals surface area contributed by atoms with Gasteiger partial charge in [-0.05, 0) is 35.6 Å². The number of hydrogen-bond acceptors (Lipinski definition) is 4. The number of furan rings is 1. The highest BCUT2D eigenvalue weighted by molar-refractivity contribution is 14.1. The van der Waals surface area contributed by atoms with Crippen molar-refractivity contribution in [1.82, 2.24) is 9.97 Å². The van der Waals surface area contributed by atoms with Crippen LogP contribution in [0.3, 0.4) is 0 Å². The van der Waals surface area contributed by atoms with Crippen LogP contribution < -0.4 is 4.90 Å². The number of halogens is 1. The Kier molecular flexibility index (Phi) is 3.42. The van der Waals surface area contributed by atoms with Crippen LogP contribution in [0.15, 0.2) is 29.1 Å². The molecule has 2 rings (SSSR count). The Morgan fingerprint density at radius 1 is 1.38 bits per heavy atom. The van der Waals surface area contributed by atoms with E-state index in [9.17, 15) is 0 Å². The smallest absolute Gasteiger partial charge is 0.225 e. The average Bonchev–Trinajstić information content (AvgIpc) is 2.65. The molecule has 0 aliphatic rings. The van der Waals surface area contributed by atoms with Gasteiger partial charge in [-0.1, -0.05) is 0 Å². The van der Waals surface area contributed by atoms with Crippen molar-refractivity contribution < 1.29 is 4.42 Å². The lowest BCUT2D eigenvalue weighted by molar-refractivity contribution is 0.529. The minimum atomic E-state index is 0.723. The van der Waals surface area contributed by atoms with Gasteiger partial charge >= 0.3 is 0 Å². The van der Waals surface area contributed by atoms with Crippen molar-refractivity contribution in [3.8, 4) is 0 Å². The summed E-state index contributed by atoms with van der Waals surface area (Å²) in [5, 5.41) is 0. The van der Waals surface area contributed by atoms with E-state index >= 15 is 0 Å². The SMILES string of the molecule is Cc1occc1CN(C)c1ncc(I)cn1. The summed E-state index contributed by atoms with van der Waals surface area (Å²) in [6.07, 6.45) is 5.32. The molecule has 0 atom stereocenters. The van der Waals surface area contributed by atoms with Crippen LogP contribution in [0, 0.1) is 10.5 Å². The molecule has 0 aromatic carbocycles. The quantitative estimate of drug-likeness (QED) is 0.812. The van der Waals surface area contributed by atoms with Crippen molar-refractivity contribution in [3.05, 3.63) is 39.6 Å². The minimum Gasteiger partial charge on any atom is -0.469 e. The second-order valence-electron chi connectivity index (χ2n) is 3.56. The maximum atomic E-state index is 5.25. The van der Waals surface area contributed by atoms with Gasteiger partial charge in [0.2, 0.25) is 5.95 Å². The summed E-state index contributed by atoms with van der Waals surface area (Å²) in [6.45, 7) is 2.71. The van der Waals surface area contributed by atoms with Crippen LogP contribution in [0.25, 0.3) is 0 Å². The summed E-state index contributed by atoms with van der Waals surface area (Å²) in [6, 6.07) is 1.97. The molecule has 0 unspecified atom stereocenters. The van der Waals surface area contributed by atoms with Crippen LogP contribution in [0.5, 0.6) is 0 Å². The maximum Gasteiger partial charge on any atom is 0.225 e. The highest BCUT2D eigenvalue weighted by Gasteiger charge is 2.08. The highest BCUT2D eigenvalue weighted by atomic mass is 127. The van der Waals surface area contributed by atoms with Crippen molar-refractivity contribution in [1.29, 1.82) is 0 Å². The van der Waals surface area contributed by atoms with Crippen molar-refractivity contribution in [2.45, 2.75) is 13.5 Å². The van der Waals surface area contributed by atoms with Crippen LogP contribution in [0.1, 0.15) is 11.3 Å². The Balaban J connectivity index is 2.11. The summed E-state index contributed by atoms with van der Waals surface area (Å²) >= 11 is 2.19. The molecule has 2 aromatic rings. The fourth-order valence-corrected chi connectivity index (χ4v) is 1.68. The monoisotopic (exact) mass is 329 g/mol. The first-order chi connectivity index (χ1) is 7.66. The molecule has 4 nitrogen and oxygen atoms in total. The normalized spacial score (nSPS) is 10.4. The first-order valence-corrected chi connectivity index (χ1v) is 5.96. The van der Waals surface area contributed by atoms with Crippen molar-refractivity contribution >= 4 is 28.5 Å². The molecule has 0 saturated carbocycles. The predicted molar refractivity (Wildman–Crippen MR) is 70.3 cm³/mol. The van der Waals surface area contributed by atoms with E-state index in [1.807, 2.05) is 37.3 Å². The zero-order valence-corrected chi connectivity index (χ0v) is 11.3. The summed E-state index contributed by atoms with van der Waals surface area (Å²) in [4.78, 5) is 10.5. The zero-order chi connectivity index (χ0) is 11.5. The van der Waals surface area contributed by atoms with E-state index in [4.69, 9.17) is 4.42 Å². The molecule has 0 aliphatic heterocycles. The van der Waals surface area contributed by atoms with Gasteiger partial charge in [0.15, 0.2) is 0 Å². The van der Waals surface area contributed by atoms with Crippen molar-refractivity contribution in [2.24, 2.45) is 0 Å². The van der Waals surface area contributed by atoms with E-state index in [-0.39, 0.29) is 0 Å². The number of aromatic nitrogens is 2. The first-order valence-electron chi connectivity index (χ1n) is 4.88. The van der Waals surface area contributed by atoms with Gasteiger partial charge in [0, 0.05) is 35.1 Å². The van der Waals surface area contributed by atoms with Crippen LogP contribution in [0.2, 0.25) is 0 Å². The molecule has 0 radical (unpaired) electrons. The Morgan fingerprint density at radius 3 is 2.62 bits per heavy atom. The van der Waals surface area contributed by atoms with Gasteiger partial charge in [-0.25, -0.2) is 9.97 Å². The lowest BCUT2D eigenvalue weighted by atomic mass is 10.2. The lowest BCUT2D eigenvalue weighted by Gasteiger charge is -2.15. The van der Waals surface area contributed by atoms with Crippen LogP contribution in [-0.2, 0) is 6.54 Å². The van der Waals surface area contributed by atoms with Gasteiger partial charge in [-0.3, -0.25) is 0 Å². The third kappa shape index (κ3) is 2.52. The standard InChI is InChI=1S/C11H12IN3O/c1-8-9(3-4-16-8)7-15(2)11-13-5-10(12)6-14-11/h3-6H,7H2,1-2H3. The summed E-state index contributed by atoms with van der Waals surface area (Å²) in [7, 11) is 1.97. The van der Waals surface area contributed by atoms with Crippen molar-refractivity contribution in [3.63, 3.8) is 0 Å². The summed E-state index contributed by atoms with van der Waals surface area (Å²) in [5.74, 6) is 1.67. The van der Waals surface area contributed by atoms with Gasteiger partial charge in [-0.2, -0.15) is 0 Å². The highest BCUT2D eigenvalue weighted by Crippen LogP contribution is 2.14. The molecule has 16 heavy (non-hydrogen) atoms. The molecule has 84 valence electrons. The number of hydrogen-bond donors (Lipinski definition) is 0. The molecule has 5 heteroatoms. The summed E-state index contributed by atoms with van der Waals surface area (Å²) < 4.78 is 6.29. The molecule has 0 aliphatic carbocycles. The fourth-order valence-electron chi connectivity index (χ4n) is 1.40. The van der Waals surface area contributed by atoms with Crippen LogP contribution in [-0.4, -0.2) is 17.0 Å². The van der Waals surface area contributed by atoms with E-state index in [0.29, 0.717) is 0 Å². The van der Waals surface area contributed by atoms with E-state index in [2.05, 4.69) is 32.6 Å². The molecular formula is C11H12IN3O. The molecule has 0 bridgehead atoms. The Labute approximate surface area is 108 Å². The van der Waals surface area contributed by atoms with E-state index in [1.165, 1.54) is 0 Å². The lowest BCUT2D eigenvalue weighted by Crippen LogP contribution is -2.19. The molecule has 0 spiro atoms. The number of rotatable bonds is 3. The Morgan fingerprint density at radius 2 is 2.06 bits per heavy atom. The second kappa shape index (κ2) is 4.82. The van der Waals surface area contributed by atoms with Crippen LogP contribution in [0.4, 0.5) is 5.95 Å². The third-order valence-corrected chi connectivity index (χ3v) is 2.88. The Hall–Kier alpha value is -1.11. The van der Waals surface area contributed by atoms with Gasteiger partial charge in [0.1, 0.15) is 5.76 Å². The van der Waals surface area contributed by atoms with Crippen LogP contribution >= 0.6 is 22.6 Å². The van der Waals surface area contributed by atoms with Gasteiger partial charge < -0.3 is 9.32 Å². The average molecular weight is 329 g/mol. The van der Waals surface area contributed by atoms with Gasteiger partial charge in [0.05, 0.1) is 6.26 Å². The fraction of sp³-hybridized carbons (Fsp3) is 0.273. The number of aryl methyl sites for hydroxylation is 1. The number of nitrogens with zero attached hydrogens (tertiary/aromatic N) is 3. The largest absolute Gasteiger partial charge is 0.469 e. The van der Waals surface area contributed by atoms with Gasteiger partial charge in [-0.15, -0.1) is 0 Å². The first kappa shape index (κ1) is 11.4. The zero-order valence-electron chi connectivity index (χ0n) is 9.14. The number of anilines is 1. The molecule has 2 aromatic heterocycles. The Bertz CT molecular complexity index is 466. The van der Waals surface area contributed by atoms with E-state index in [0.717, 1.165) is 27.4 Å². The van der Waals surface area contributed by atoms with E-state index < -0.39 is 0 Å². The molecule has 0 saturated heterocycles. The predicted octanol–water partition coefficient (Wildman–Crippen LogP) is 2.62. The van der Waals surface area contributed by atoms with E-state index in [1.54, 1.807) is 6.26 Å². The molecule has 0 amide bonds. The third-order valence-electron chi connectivity index (χ3n) is 2.32. The molecule has 0 fully saturated rings. The minimum absolute atomic E-state index is 0.723. The summed E-state index contributed by atoms with van der Waals surface area (Å²) in [5.41, 5.74) is 1.16. The topological polar surface area (TPSA) is 42.2 Å². The van der Waals surface area contributed by atoms with Crippen molar-refractivity contribution in [2.75, 3.05) is 11.9 Å².